The van der Waals surface area contributed by atoms with Gasteiger partial charge in [-0.1, -0.05) is 15.9 Å². The standard InChI is InChI=1S/C13H13BrF3NO4/c1-12(2,14)11(21)18-8-4-6(10(20)22-3)7(5-9(8)19)13(15,16)17/h4-5,19H,1-3H3,(H,18,21). The van der Waals surface area contributed by atoms with Gasteiger partial charge in [-0.3, -0.25) is 4.79 Å². The summed E-state index contributed by atoms with van der Waals surface area (Å²) in [6, 6.07) is 1.09. The van der Waals surface area contributed by atoms with Crippen LogP contribution >= 0.6 is 15.9 Å². The lowest BCUT2D eigenvalue weighted by Crippen LogP contribution is -2.31. The maximum Gasteiger partial charge on any atom is 0.417 e. The Morgan fingerprint density at radius 1 is 1.27 bits per heavy atom. The molecule has 1 aromatic rings. The molecule has 0 unspecified atom stereocenters. The van der Waals surface area contributed by atoms with Crippen LogP contribution in [0.1, 0.15) is 29.8 Å². The molecule has 0 bridgehead atoms. The number of phenols is 1. The zero-order valence-corrected chi connectivity index (χ0v) is 13.4. The summed E-state index contributed by atoms with van der Waals surface area (Å²) in [5.74, 6) is -2.66. The molecule has 0 aliphatic rings. The number of carbonyl (C=O) groups excluding carboxylic acids is 2. The molecule has 1 aromatic carbocycles. The number of methoxy groups -OCH3 is 1. The molecule has 22 heavy (non-hydrogen) atoms. The van der Waals surface area contributed by atoms with Crippen LogP contribution in [-0.4, -0.2) is 28.4 Å². The number of carbonyl (C=O) groups is 2. The van der Waals surface area contributed by atoms with Crippen LogP contribution in [0, 0.1) is 0 Å². The van der Waals surface area contributed by atoms with Crippen molar-refractivity contribution in [3.8, 4) is 5.75 Å². The number of benzene rings is 1. The zero-order chi connectivity index (χ0) is 17.3. The van der Waals surface area contributed by atoms with Gasteiger partial charge in [0.15, 0.2) is 0 Å². The van der Waals surface area contributed by atoms with Crippen molar-refractivity contribution < 1.29 is 32.6 Å². The second-order valence-electron chi connectivity index (χ2n) is 4.83. The molecule has 0 saturated carbocycles. The number of ether oxygens (including phenoxy) is 1. The minimum atomic E-state index is -4.86. The van der Waals surface area contributed by atoms with Crippen LogP contribution in [0.2, 0.25) is 0 Å². The highest BCUT2D eigenvalue weighted by Gasteiger charge is 2.37. The van der Waals surface area contributed by atoms with Crippen LogP contribution in [0.4, 0.5) is 18.9 Å². The van der Waals surface area contributed by atoms with Crippen molar-refractivity contribution in [2.24, 2.45) is 0 Å². The highest BCUT2D eigenvalue weighted by molar-refractivity contribution is 9.10. The van der Waals surface area contributed by atoms with Crippen molar-refractivity contribution in [2.75, 3.05) is 12.4 Å². The van der Waals surface area contributed by atoms with Crippen molar-refractivity contribution in [2.45, 2.75) is 24.3 Å². The predicted molar refractivity (Wildman–Crippen MR) is 76.1 cm³/mol. The van der Waals surface area contributed by atoms with E-state index < -0.39 is 39.3 Å². The maximum absolute atomic E-state index is 12.9. The monoisotopic (exact) mass is 383 g/mol. The number of hydrogen-bond acceptors (Lipinski definition) is 4. The molecule has 0 aliphatic carbocycles. The van der Waals surface area contributed by atoms with Gasteiger partial charge < -0.3 is 15.2 Å². The topological polar surface area (TPSA) is 75.6 Å². The molecule has 9 heteroatoms. The minimum Gasteiger partial charge on any atom is -0.506 e. The van der Waals surface area contributed by atoms with Gasteiger partial charge in [0.1, 0.15) is 5.75 Å². The summed E-state index contributed by atoms with van der Waals surface area (Å²) in [6.07, 6.45) is -4.86. The normalized spacial score (nSPS) is 12.0. The molecular formula is C13H13BrF3NO4. The lowest BCUT2D eigenvalue weighted by Gasteiger charge is -2.18. The number of esters is 1. The number of aromatic hydroxyl groups is 1. The van der Waals surface area contributed by atoms with Crippen LogP contribution < -0.4 is 5.32 Å². The van der Waals surface area contributed by atoms with Gasteiger partial charge in [0.25, 0.3) is 0 Å². The molecule has 5 nitrogen and oxygen atoms in total. The highest BCUT2D eigenvalue weighted by atomic mass is 79.9. The van der Waals surface area contributed by atoms with Gasteiger partial charge in [-0.25, -0.2) is 4.79 Å². The first-order valence-electron chi connectivity index (χ1n) is 5.90. The lowest BCUT2D eigenvalue weighted by atomic mass is 10.0. The Balaban J connectivity index is 3.39. The van der Waals surface area contributed by atoms with Gasteiger partial charge >= 0.3 is 12.1 Å². The van der Waals surface area contributed by atoms with E-state index in [9.17, 15) is 27.9 Å². The van der Waals surface area contributed by atoms with Crippen molar-refractivity contribution in [1.29, 1.82) is 0 Å². The smallest absolute Gasteiger partial charge is 0.417 e. The SMILES string of the molecule is COC(=O)c1cc(NC(=O)C(C)(C)Br)c(O)cc1C(F)(F)F. The third-order valence-corrected chi connectivity index (χ3v) is 2.99. The van der Waals surface area contributed by atoms with Gasteiger partial charge in [-0.2, -0.15) is 13.2 Å². The molecule has 122 valence electrons. The van der Waals surface area contributed by atoms with Gasteiger partial charge in [-0.05, 0) is 26.0 Å². The van der Waals surface area contributed by atoms with E-state index in [1.54, 1.807) is 0 Å². The molecule has 0 aromatic heterocycles. The van der Waals surface area contributed by atoms with Gasteiger partial charge in [0.2, 0.25) is 5.91 Å². The summed E-state index contributed by atoms with van der Waals surface area (Å²) in [4.78, 5) is 23.3. The molecule has 0 radical (unpaired) electrons. The van der Waals surface area contributed by atoms with Gasteiger partial charge in [-0.15, -0.1) is 0 Å². The van der Waals surface area contributed by atoms with E-state index in [2.05, 4.69) is 26.0 Å². The summed E-state index contributed by atoms with van der Waals surface area (Å²) >= 11 is 3.07. The molecule has 0 heterocycles. The maximum atomic E-state index is 12.9. The summed E-state index contributed by atoms with van der Waals surface area (Å²) in [6.45, 7) is 3.01. The Kier molecular flexibility index (Phi) is 5.11. The van der Waals surface area contributed by atoms with Crippen molar-refractivity contribution in [1.82, 2.24) is 0 Å². The lowest BCUT2D eigenvalue weighted by molar-refractivity contribution is -0.138. The van der Waals surface area contributed by atoms with Crippen LogP contribution in [0.15, 0.2) is 12.1 Å². The summed E-state index contributed by atoms with van der Waals surface area (Å²) < 4.78 is 42.0. The quantitative estimate of drug-likeness (QED) is 0.477. The van der Waals surface area contributed by atoms with Crippen LogP contribution in [0.5, 0.6) is 5.75 Å². The number of phenolic OH excluding ortho intramolecular Hbond substituents is 1. The summed E-state index contributed by atoms with van der Waals surface area (Å²) in [5.41, 5.74) is -2.49. The molecule has 0 spiro atoms. The van der Waals surface area contributed by atoms with E-state index in [0.29, 0.717) is 6.07 Å². The van der Waals surface area contributed by atoms with E-state index in [4.69, 9.17) is 0 Å². The third kappa shape index (κ3) is 4.12. The van der Waals surface area contributed by atoms with Crippen LogP contribution in [0.25, 0.3) is 0 Å². The average Bonchev–Trinajstić information content (AvgIpc) is 2.37. The van der Waals surface area contributed by atoms with Crippen molar-refractivity contribution in [3.05, 3.63) is 23.3 Å². The fraction of sp³-hybridized carbons (Fsp3) is 0.385. The fourth-order valence-corrected chi connectivity index (χ4v) is 1.57. The number of amides is 1. The Hall–Kier alpha value is -1.77. The molecule has 0 atom stereocenters. The molecular weight excluding hydrogens is 371 g/mol. The fourth-order valence-electron chi connectivity index (χ4n) is 1.47. The molecule has 1 amide bonds. The minimum absolute atomic E-state index is 0.328. The van der Waals surface area contributed by atoms with Crippen molar-refractivity contribution in [3.63, 3.8) is 0 Å². The number of anilines is 1. The van der Waals surface area contributed by atoms with E-state index in [1.807, 2.05) is 0 Å². The molecule has 0 saturated heterocycles. The Bertz CT molecular complexity index is 609. The van der Waals surface area contributed by atoms with Crippen molar-refractivity contribution >= 4 is 33.5 Å². The molecule has 0 fully saturated rings. The Morgan fingerprint density at radius 3 is 2.23 bits per heavy atom. The number of rotatable bonds is 3. The zero-order valence-electron chi connectivity index (χ0n) is 11.8. The van der Waals surface area contributed by atoms with E-state index in [-0.39, 0.29) is 5.69 Å². The van der Waals surface area contributed by atoms with Gasteiger partial charge in [0.05, 0.1) is 28.2 Å². The highest BCUT2D eigenvalue weighted by Crippen LogP contribution is 2.38. The van der Waals surface area contributed by atoms with Gasteiger partial charge in [0, 0.05) is 0 Å². The predicted octanol–water partition coefficient (Wildman–Crippen LogP) is 3.31. The Labute approximate surface area is 132 Å². The summed E-state index contributed by atoms with van der Waals surface area (Å²) in [7, 11) is 0.926. The van der Waals surface area contributed by atoms with Crippen LogP contribution in [-0.2, 0) is 15.7 Å². The summed E-state index contributed by atoms with van der Waals surface area (Å²) in [5, 5.41) is 11.9. The first-order valence-corrected chi connectivity index (χ1v) is 6.70. The first-order chi connectivity index (χ1) is 9.87. The van der Waals surface area contributed by atoms with Crippen LogP contribution in [0.3, 0.4) is 0 Å². The second kappa shape index (κ2) is 6.15. The van der Waals surface area contributed by atoms with E-state index >= 15 is 0 Å². The number of alkyl halides is 4. The number of nitrogens with one attached hydrogen (secondary N) is 1. The molecule has 2 N–H and O–H groups in total. The van der Waals surface area contributed by atoms with E-state index in [1.165, 1.54) is 13.8 Å². The average molecular weight is 384 g/mol. The molecule has 0 aliphatic heterocycles. The first kappa shape index (κ1) is 18.3. The van der Waals surface area contributed by atoms with E-state index in [0.717, 1.165) is 13.2 Å². The number of hydrogen-bond donors (Lipinski definition) is 2. The second-order valence-corrected chi connectivity index (χ2v) is 6.81. The largest absolute Gasteiger partial charge is 0.506 e. The third-order valence-electron chi connectivity index (χ3n) is 2.63. The Morgan fingerprint density at radius 2 is 1.82 bits per heavy atom. The molecule has 1 rings (SSSR count). The number of halogens is 4.